The predicted octanol–water partition coefficient (Wildman–Crippen LogP) is 1.38. The highest BCUT2D eigenvalue weighted by Gasteiger charge is 2.18. The van der Waals surface area contributed by atoms with Gasteiger partial charge in [-0.3, -0.25) is 14.7 Å². The van der Waals surface area contributed by atoms with Gasteiger partial charge in [-0.2, -0.15) is 5.10 Å². The Kier molecular flexibility index (Phi) is 5.89. The van der Waals surface area contributed by atoms with Crippen LogP contribution in [-0.2, 0) is 11.4 Å². The highest BCUT2D eigenvalue weighted by molar-refractivity contribution is 5.95. The molecule has 1 heterocycles. The van der Waals surface area contributed by atoms with Crippen LogP contribution < -0.4 is 15.4 Å². The molecule has 128 valence electrons. The number of ether oxygens (including phenoxy) is 1. The van der Waals surface area contributed by atoms with E-state index in [2.05, 4.69) is 20.8 Å². The van der Waals surface area contributed by atoms with Crippen LogP contribution in [0.4, 0.5) is 4.39 Å². The topological polar surface area (TPSA) is 96.1 Å². The molecule has 24 heavy (non-hydrogen) atoms. The number of H-pyrrole nitrogens is 1. The van der Waals surface area contributed by atoms with Gasteiger partial charge in [-0.25, -0.2) is 4.39 Å². The molecule has 2 aromatic rings. The van der Waals surface area contributed by atoms with Gasteiger partial charge in [0.15, 0.2) is 11.6 Å². The molecule has 8 heteroatoms. The number of hydrogen-bond donors (Lipinski definition) is 3. The lowest BCUT2D eigenvalue weighted by Crippen LogP contribution is -2.44. The minimum absolute atomic E-state index is 0.0348. The molecular weight excluding hydrogens is 315 g/mol. The number of nitrogens with one attached hydrogen (secondary N) is 3. The number of aromatic nitrogens is 2. The molecule has 0 aliphatic rings. The maximum absolute atomic E-state index is 13.5. The van der Waals surface area contributed by atoms with E-state index < -0.39 is 17.8 Å². The molecular formula is C16H19FN4O3. The summed E-state index contributed by atoms with van der Waals surface area (Å²) in [5, 5.41) is 11.7. The van der Waals surface area contributed by atoms with Crippen LogP contribution >= 0.6 is 0 Å². The van der Waals surface area contributed by atoms with Gasteiger partial charge < -0.3 is 15.4 Å². The summed E-state index contributed by atoms with van der Waals surface area (Å²) in [5.74, 6) is -1.11. The maximum atomic E-state index is 13.5. The molecule has 0 spiro atoms. The lowest BCUT2D eigenvalue weighted by atomic mass is 10.2. The molecule has 0 aliphatic carbocycles. The van der Waals surface area contributed by atoms with Gasteiger partial charge in [0.25, 0.3) is 5.91 Å². The lowest BCUT2D eigenvalue weighted by Gasteiger charge is -2.11. The summed E-state index contributed by atoms with van der Waals surface area (Å²) in [6, 6.07) is 6.84. The quantitative estimate of drug-likeness (QED) is 0.713. The molecule has 2 rings (SSSR count). The smallest absolute Gasteiger partial charge is 0.272 e. The standard InChI is InChI=1S/C16H19FN4O3/c1-3-18-15(22)10(2)19-16(23)13-8-11(20-21-13)9-24-14-7-5-4-6-12(14)17/h4-8,10H,3,9H2,1-2H3,(H,18,22)(H,19,23)(H,20,21)/t10-/m0/s1. The Bertz CT molecular complexity index is 717. The molecule has 0 saturated carbocycles. The Morgan fingerprint density at radius 3 is 2.83 bits per heavy atom. The molecule has 0 bridgehead atoms. The summed E-state index contributed by atoms with van der Waals surface area (Å²) < 4.78 is 18.8. The van der Waals surface area contributed by atoms with Gasteiger partial charge in [0.1, 0.15) is 18.3 Å². The van der Waals surface area contributed by atoms with Crippen LogP contribution in [0.2, 0.25) is 0 Å². The summed E-state index contributed by atoms with van der Waals surface area (Å²) in [7, 11) is 0. The number of likely N-dealkylation sites (N-methyl/N-ethyl adjacent to an activating group) is 1. The van der Waals surface area contributed by atoms with Gasteiger partial charge in [-0.05, 0) is 32.0 Å². The van der Waals surface area contributed by atoms with Crippen molar-refractivity contribution in [2.45, 2.75) is 26.5 Å². The molecule has 0 fully saturated rings. The Hall–Kier alpha value is -2.90. The van der Waals surface area contributed by atoms with Gasteiger partial charge in [-0.15, -0.1) is 0 Å². The maximum Gasteiger partial charge on any atom is 0.272 e. The lowest BCUT2D eigenvalue weighted by molar-refractivity contribution is -0.122. The first-order chi connectivity index (χ1) is 11.5. The van der Waals surface area contributed by atoms with E-state index in [9.17, 15) is 14.0 Å². The molecule has 1 aromatic carbocycles. The SMILES string of the molecule is CCNC(=O)[C@H](C)NC(=O)c1cc(COc2ccccc2F)[nH]n1. The molecule has 7 nitrogen and oxygen atoms in total. The number of carbonyl (C=O) groups excluding carboxylic acids is 2. The Morgan fingerprint density at radius 2 is 2.12 bits per heavy atom. The molecule has 3 N–H and O–H groups in total. The van der Waals surface area contributed by atoms with Crippen LogP contribution in [0.25, 0.3) is 0 Å². The van der Waals surface area contributed by atoms with Gasteiger partial charge in [-0.1, -0.05) is 12.1 Å². The number of nitrogens with zero attached hydrogens (tertiary/aromatic N) is 1. The molecule has 2 amide bonds. The second kappa shape index (κ2) is 8.09. The molecule has 0 radical (unpaired) electrons. The second-order valence-corrected chi connectivity index (χ2v) is 5.09. The number of benzene rings is 1. The fourth-order valence-corrected chi connectivity index (χ4v) is 1.93. The summed E-state index contributed by atoms with van der Waals surface area (Å²) in [5.41, 5.74) is 0.632. The fraction of sp³-hybridized carbons (Fsp3) is 0.312. The minimum Gasteiger partial charge on any atom is -0.484 e. The van der Waals surface area contributed by atoms with Crippen molar-refractivity contribution in [3.05, 3.63) is 47.5 Å². The fourth-order valence-electron chi connectivity index (χ4n) is 1.93. The van der Waals surface area contributed by atoms with Crippen molar-refractivity contribution in [1.82, 2.24) is 20.8 Å². The summed E-state index contributed by atoms with van der Waals surface area (Å²) in [6.07, 6.45) is 0. The monoisotopic (exact) mass is 334 g/mol. The van der Waals surface area contributed by atoms with Crippen molar-refractivity contribution in [2.24, 2.45) is 0 Å². The number of hydrogen-bond acceptors (Lipinski definition) is 4. The van der Waals surface area contributed by atoms with Crippen molar-refractivity contribution in [1.29, 1.82) is 0 Å². The third-order valence-electron chi connectivity index (χ3n) is 3.18. The van der Waals surface area contributed by atoms with E-state index in [4.69, 9.17) is 4.74 Å². The van der Waals surface area contributed by atoms with E-state index in [0.717, 1.165) is 0 Å². The zero-order chi connectivity index (χ0) is 17.5. The predicted molar refractivity (Wildman–Crippen MR) is 84.9 cm³/mol. The number of rotatable bonds is 7. The van der Waals surface area contributed by atoms with E-state index in [0.29, 0.717) is 12.2 Å². The molecule has 0 unspecified atom stereocenters. The molecule has 0 saturated heterocycles. The van der Waals surface area contributed by atoms with Crippen molar-refractivity contribution in [3.63, 3.8) is 0 Å². The van der Waals surface area contributed by atoms with Gasteiger partial charge in [0.2, 0.25) is 5.91 Å². The summed E-state index contributed by atoms with van der Waals surface area (Å²) >= 11 is 0. The largest absolute Gasteiger partial charge is 0.484 e. The highest BCUT2D eigenvalue weighted by atomic mass is 19.1. The van der Waals surface area contributed by atoms with Crippen LogP contribution in [0.3, 0.4) is 0 Å². The molecule has 1 atom stereocenters. The zero-order valence-electron chi connectivity index (χ0n) is 13.4. The van der Waals surface area contributed by atoms with Crippen LogP contribution in [0.1, 0.15) is 30.0 Å². The van der Waals surface area contributed by atoms with Crippen LogP contribution in [-0.4, -0.2) is 34.6 Å². The number of amides is 2. The van der Waals surface area contributed by atoms with Crippen LogP contribution in [0, 0.1) is 5.82 Å². The van der Waals surface area contributed by atoms with E-state index in [1.165, 1.54) is 18.2 Å². The van der Waals surface area contributed by atoms with E-state index in [-0.39, 0.29) is 24.0 Å². The summed E-state index contributed by atoms with van der Waals surface area (Å²) in [4.78, 5) is 23.6. The number of carbonyl (C=O) groups is 2. The molecule has 0 aliphatic heterocycles. The summed E-state index contributed by atoms with van der Waals surface area (Å²) in [6.45, 7) is 3.89. The van der Waals surface area contributed by atoms with Crippen molar-refractivity contribution >= 4 is 11.8 Å². The Labute approximate surface area is 138 Å². The van der Waals surface area contributed by atoms with Crippen molar-refractivity contribution in [2.75, 3.05) is 6.54 Å². The van der Waals surface area contributed by atoms with Gasteiger partial charge in [0, 0.05) is 6.54 Å². The first-order valence-electron chi connectivity index (χ1n) is 7.51. The van der Waals surface area contributed by atoms with Crippen LogP contribution in [0.5, 0.6) is 5.75 Å². The van der Waals surface area contributed by atoms with E-state index in [1.54, 1.807) is 26.0 Å². The van der Waals surface area contributed by atoms with Gasteiger partial charge >= 0.3 is 0 Å². The molecule has 1 aromatic heterocycles. The highest BCUT2D eigenvalue weighted by Crippen LogP contribution is 2.16. The van der Waals surface area contributed by atoms with Gasteiger partial charge in [0.05, 0.1) is 5.69 Å². The van der Waals surface area contributed by atoms with E-state index in [1.807, 2.05) is 0 Å². The third-order valence-corrected chi connectivity index (χ3v) is 3.18. The minimum atomic E-state index is -0.674. The number of aromatic amines is 1. The van der Waals surface area contributed by atoms with E-state index >= 15 is 0 Å². The van der Waals surface area contributed by atoms with Crippen molar-refractivity contribution in [3.8, 4) is 5.75 Å². The van der Waals surface area contributed by atoms with Crippen molar-refractivity contribution < 1.29 is 18.7 Å². The first kappa shape index (κ1) is 17.5. The third kappa shape index (κ3) is 4.55. The Morgan fingerprint density at radius 1 is 1.38 bits per heavy atom. The number of para-hydroxylation sites is 1. The van der Waals surface area contributed by atoms with Crippen LogP contribution in [0.15, 0.2) is 30.3 Å². The second-order valence-electron chi connectivity index (χ2n) is 5.09. The number of halogens is 1. The normalized spacial score (nSPS) is 11.6. The Balaban J connectivity index is 1.91. The first-order valence-corrected chi connectivity index (χ1v) is 7.51. The average molecular weight is 334 g/mol. The zero-order valence-corrected chi connectivity index (χ0v) is 13.4. The average Bonchev–Trinajstić information content (AvgIpc) is 3.03.